The number of aromatic nitrogens is 3. The number of carbonyl (C=O) groups is 1. The molecule has 36 heavy (non-hydrogen) atoms. The summed E-state index contributed by atoms with van der Waals surface area (Å²) in [5.41, 5.74) is 4.36. The molecule has 2 aromatic heterocycles. The number of carboxylic acids is 1. The minimum Gasteiger partial charge on any atom is -0.481 e. The van der Waals surface area contributed by atoms with Crippen LogP contribution in [0.4, 0.5) is 0 Å². The van der Waals surface area contributed by atoms with Crippen molar-refractivity contribution in [3.05, 3.63) is 59.6 Å². The number of aromatic amines is 1. The van der Waals surface area contributed by atoms with Crippen molar-refractivity contribution in [2.75, 3.05) is 6.26 Å². The lowest BCUT2D eigenvalue weighted by Crippen LogP contribution is -2.28. The summed E-state index contributed by atoms with van der Waals surface area (Å²) in [4.78, 5) is 23.6. The summed E-state index contributed by atoms with van der Waals surface area (Å²) in [6.07, 6.45) is 3.60. The van der Waals surface area contributed by atoms with Gasteiger partial charge in [0.2, 0.25) is 0 Å². The van der Waals surface area contributed by atoms with Crippen LogP contribution in [0.15, 0.2) is 59.5 Å². The van der Waals surface area contributed by atoms with Gasteiger partial charge in [0.1, 0.15) is 6.10 Å². The molecule has 4 aromatic rings. The van der Waals surface area contributed by atoms with Crippen molar-refractivity contribution in [1.29, 1.82) is 0 Å². The molecular formula is C26H24ClN3O5S. The standard InChI is InChI=1S/C26H24ClN3O5S/c1-36(33,34)20-12-8-16(9-13-20)15-2-4-17(5-3-15)23-21(27)14-22-24(29-23)30-26(28-22)35-19-10-6-18(7-11-19)25(31)32/h2-5,8-9,12-14,18-19H,6-7,10-11H2,1H3,(H,31,32)(H,28,29,30). The smallest absolute Gasteiger partial charge is 0.306 e. The molecule has 0 bridgehead atoms. The van der Waals surface area contributed by atoms with Gasteiger partial charge in [-0.25, -0.2) is 13.4 Å². The number of ether oxygens (including phenoxy) is 1. The molecule has 1 fully saturated rings. The van der Waals surface area contributed by atoms with E-state index in [0.717, 1.165) is 16.7 Å². The lowest BCUT2D eigenvalue weighted by Gasteiger charge is -2.25. The van der Waals surface area contributed by atoms with Crippen molar-refractivity contribution >= 4 is 38.6 Å². The zero-order valence-electron chi connectivity index (χ0n) is 19.4. The number of imidazole rings is 1. The molecule has 8 nitrogen and oxygen atoms in total. The van der Waals surface area contributed by atoms with Gasteiger partial charge < -0.3 is 14.8 Å². The van der Waals surface area contributed by atoms with Crippen LogP contribution < -0.4 is 4.74 Å². The predicted molar refractivity (Wildman–Crippen MR) is 137 cm³/mol. The lowest BCUT2D eigenvalue weighted by molar-refractivity contribution is -0.143. The summed E-state index contributed by atoms with van der Waals surface area (Å²) >= 11 is 6.54. The molecule has 0 aliphatic heterocycles. The molecule has 2 aromatic carbocycles. The van der Waals surface area contributed by atoms with Gasteiger partial charge in [0, 0.05) is 11.8 Å². The Morgan fingerprint density at radius 1 is 0.972 bits per heavy atom. The zero-order valence-corrected chi connectivity index (χ0v) is 21.0. The fraction of sp³-hybridized carbons (Fsp3) is 0.269. The Morgan fingerprint density at radius 2 is 1.56 bits per heavy atom. The summed E-state index contributed by atoms with van der Waals surface area (Å²) in [5.74, 6) is -1.05. The maximum absolute atomic E-state index is 11.7. The third-order valence-electron chi connectivity index (χ3n) is 6.48. The normalized spacial score (nSPS) is 18.3. The van der Waals surface area contributed by atoms with E-state index in [1.807, 2.05) is 24.3 Å². The molecule has 0 spiro atoms. The zero-order chi connectivity index (χ0) is 25.4. The monoisotopic (exact) mass is 525 g/mol. The van der Waals surface area contributed by atoms with Crippen LogP contribution in [0.25, 0.3) is 33.5 Å². The summed E-state index contributed by atoms with van der Waals surface area (Å²) in [6, 6.07) is 16.5. The third kappa shape index (κ3) is 5.08. The fourth-order valence-corrected chi connectivity index (χ4v) is 5.35. The number of pyridine rings is 1. The molecule has 0 unspecified atom stereocenters. The Morgan fingerprint density at radius 3 is 2.14 bits per heavy atom. The van der Waals surface area contributed by atoms with Crippen LogP contribution in [-0.4, -0.2) is 46.8 Å². The number of aliphatic carboxylic acids is 1. The number of sulfone groups is 1. The van der Waals surface area contributed by atoms with Crippen LogP contribution in [0.1, 0.15) is 25.7 Å². The van der Waals surface area contributed by atoms with Crippen molar-refractivity contribution in [3.63, 3.8) is 0 Å². The maximum atomic E-state index is 11.7. The number of nitrogens with zero attached hydrogens (tertiary/aromatic N) is 2. The highest BCUT2D eigenvalue weighted by molar-refractivity contribution is 7.90. The minimum absolute atomic E-state index is 0.0878. The number of H-pyrrole nitrogens is 1. The Bertz CT molecular complexity index is 1520. The Hall–Kier alpha value is -3.43. The van der Waals surface area contributed by atoms with Crippen molar-refractivity contribution < 1.29 is 23.1 Å². The highest BCUT2D eigenvalue weighted by atomic mass is 35.5. The minimum atomic E-state index is -3.24. The topological polar surface area (TPSA) is 122 Å². The summed E-state index contributed by atoms with van der Waals surface area (Å²) in [6.45, 7) is 0. The van der Waals surface area contributed by atoms with Crippen LogP contribution in [0.5, 0.6) is 6.01 Å². The number of hydrogen-bond acceptors (Lipinski definition) is 6. The molecule has 0 amide bonds. The van der Waals surface area contributed by atoms with E-state index in [0.29, 0.717) is 53.6 Å². The number of rotatable bonds is 6. The van der Waals surface area contributed by atoms with Crippen molar-refractivity contribution in [2.45, 2.75) is 36.7 Å². The largest absolute Gasteiger partial charge is 0.481 e. The molecule has 186 valence electrons. The summed E-state index contributed by atoms with van der Waals surface area (Å²) < 4.78 is 29.3. The molecule has 0 saturated heterocycles. The Labute approximate surface area is 213 Å². The molecule has 2 heterocycles. The lowest BCUT2D eigenvalue weighted by atomic mass is 9.87. The second-order valence-corrected chi connectivity index (χ2v) is 11.5. The Balaban J connectivity index is 1.34. The first-order valence-corrected chi connectivity index (χ1v) is 13.8. The van der Waals surface area contributed by atoms with Gasteiger partial charge in [-0.2, -0.15) is 4.98 Å². The molecule has 0 radical (unpaired) electrons. The molecule has 1 aliphatic carbocycles. The van der Waals surface area contributed by atoms with E-state index in [1.54, 1.807) is 30.3 Å². The van der Waals surface area contributed by atoms with Gasteiger partial charge in [-0.1, -0.05) is 48.0 Å². The average molecular weight is 526 g/mol. The second-order valence-electron chi connectivity index (χ2n) is 9.04. The third-order valence-corrected chi connectivity index (χ3v) is 7.90. The molecule has 0 atom stereocenters. The van der Waals surface area contributed by atoms with E-state index < -0.39 is 15.8 Å². The number of carboxylic acid groups (broad SMARTS) is 1. The van der Waals surface area contributed by atoms with Crippen LogP contribution in [0.2, 0.25) is 5.02 Å². The summed E-state index contributed by atoms with van der Waals surface area (Å²) in [5, 5.41) is 9.63. The van der Waals surface area contributed by atoms with E-state index in [9.17, 15) is 13.2 Å². The van der Waals surface area contributed by atoms with Gasteiger partial charge in [0.15, 0.2) is 15.5 Å². The van der Waals surface area contributed by atoms with E-state index >= 15 is 0 Å². The van der Waals surface area contributed by atoms with Gasteiger partial charge in [-0.05, 0) is 55.0 Å². The number of nitrogens with one attached hydrogen (secondary N) is 1. The first-order chi connectivity index (χ1) is 17.2. The van der Waals surface area contributed by atoms with Crippen molar-refractivity contribution in [2.24, 2.45) is 5.92 Å². The average Bonchev–Trinajstić information content (AvgIpc) is 3.24. The van der Waals surface area contributed by atoms with Gasteiger partial charge in [-0.15, -0.1) is 0 Å². The van der Waals surface area contributed by atoms with Gasteiger partial charge >= 0.3 is 5.97 Å². The van der Waals surface area contributed by atoms with E-state index in [-0.39, 0.29) is 16.9 Å². The highest BCUT2D eigenvalue weighted by Gasteiger charge is 2.27. The van der Waals surface area contributed by atoms with Crippen LogP contribution in [0, 0.1) is 5.92 Å². The van der Waals surface area contributed by atoms with Gasteiger partial charge in [0.25, 0.3) is 6.01 Å². The Kier molecular flexibility index (Phi) is 6.44. The van der Waals surface area contributed by atoms with E-state index in [2.05, 4.69) is 15.0 Å². The first kappa shape index (κ1) is 24.3. The van der Waals surface area contributed by atoms with Crippen molar-refractivity contribution in [3.8, 4) is 28.4 Å². The number of hydrogen-bond donors (Lipinski definition) is 2. The molecule has 2 N–H and O–H groups in total. The van der Waals surface area contributed by atoms with Gasteiger partial charge in [-0.3, -0.25) is 4.79 Å². The van der Waals surface area contributed by atoms with Crippen LogP contribution in [0.3, 0.4) is 0 Å². The number of halogens is 1. The molecular weight excluding hydrogens is 502 g/mol. The van der Waals surface area contributed by atoms with Crippen molar-refractivity contribution in [1.82, 2.24) is 15.0 Å². The predicted octanol–water partition coefficient (Wildman–Crippen LogP) is 5.37. The highest BCUT2D eigenvalue weighted by Crippen LogP contribution is 2.32. The number of fused-ring (bicyclic) bond motifs is 1. The second kappa shape index (κ2) is 9.55. The SMILES string of the molecule is CS(=O)(=O)c1ccc(-c2ccc(-c3nc4nc(OC5CCC(C(=O)O)CC5)[nH]c4cc3Cl)cc2)cc1. The van der Waals surface area contributed by atoms with Gasteiger partial charge in [0.05, 0.1) is 27.0 Å². The van der Waals surface area contributed by atoms with Crippen LogP contribution in [-0.2, 0) is 14.6 Å². The van der Waals surface area contributed by atoms with E-state index in [4.69, 9.17) is 21.4 Å². The first-order valence-electron chi connectivity index (χ1n) is 11.5. The summed E-state index contributed by atoms with van der Waals surface area (Å²) in [7, 11) is -3.24. The van der Waals surface area contributed by atoms with Crippen LogP contribution >= 0.6 is 11.6 Å². The molecule has 1 saturated carbocycles. The number of benzene rings is 2. The molecule has 1 aliphatic rings. The molecule has 10 heteroatoms. The quantitative estimate of drug-likeness (QED) is 0.347. The molecule has 5 rings (SSSR count). The fourth-order valence-electron chi connectivity index (χ4n) is 4.45. The maximum Gasteiger partial charge on any atom is 0.306 e. The van der Waals surface area contributed by atoms with E-state index in [1.165, 1.54) is 6.26 Å².